The van der Waals surface area contributed by atoms with Gasteiger partial charge >= 0.3 is 5.69 Å². The third kappa shape index (κ3) is 3.29. The van der Waals surface area contributed by atoms with E-state index in [1.165, 1.54) is 6.20 Å². The largest absolute Gasteiger partial charge is 0.384 e. The minimum Gasteiger partial charge on any atom is -0.384 e. The fourth-order valence-corrected chi connectivity index (χ4v) is 4.29. The van der Waals surface area contributed by atoms with Gasteiger partial charge < -0.3 is 10.6 Å². The number of fused-ring (bicyclic) bond motifs is 3. The Morgan fingerprint density at radius 2 is 1.88 bits per heavy atom. The highest BCUT2D eigenvalue weighted by Crippen LogP contribution is 2.28. The summed E-state index contributed by atoms with van der Waals surface area (Å²) in [6.45, 7) is 2.64. The normalized spacial score (nSPS) is 14.8. The predicted octanol–water partition coefficient (Wildman–Crippen LogP) is 1.46. The quantitative estimate of drug-likeness (QED) is 0.458. The molecule has 0 aromatic carbocycles. The van der Waals surface area contributed by atoms with Crippen LogP contribution < -0.4 is 17.0 Å². The first-order valence-corrected chi connectivity index (χ1v) is 10.3. The smallest absolute Gasteiger partial charge is 0.329 e. The van der Waals surface area contributed by atoms with Crippen LogP contribution in [0, 0.1) is 0 Å². The molecule has 0 radical (unpaired) electrons. The lowest BCUT2D eigenvalue weighted by molar-refractivity contribution is -0.130. The molecular weight excluding hydrogens is 410 g/mol. The van der Waals surface area contributed by atoms with E-state index < -0.39 is 11.2 Å². The number of aromatic amines is 1. The maximum atomic E-state index is 13.0. The summed E-state index contributed by atoms with van der Waals surface area (Å²) < 4.78 is 1.61. The summed E-state index contributed by atoms with van der Waals surface area (Å²) in [5.74, 6) is 0.416. The van der Waals surface area contributed by atoms with Gasteiger partial charge in [0.25, 0.3) is 5.56 Å². The van der Waals surface area contributed by atoms with Crippen LogP contribution in [0.5, 0.6) is 0 Å². The first-order valence-electron chi connectivity index (χ1n) is 10.3. The van der Waals surface area contributed by atoms with Gasteiger partial charge in [0.05, 0.1) is 22.1 Å². The number of anilines is 1. The van der Waals surface area contributed by atoms with E-state index in [9.17, 15) is 14.4 Å². The number of carbonyl (C=O) groups excluding carboxylic acids is 1. The number of piperidine rings is 1. The van der Waals surface area contributed by atoms with Crippen LogP contribution in [0.2, 0.25) is 0 Å². The number of pyridine rings is 3. The van der Waals surface area contributed by atoms with E-state index in [0.29, 0.717) is 59.4 Å². The Morgan fingerprint density at radius 1 is 1.09 bits per heavy atom. The van der Waals surface area contributed by atoms with Crippen molar-refractivity contribution in [2.24, 2.45) is 0 Å². The van der Waals surface area contributed by atoms with Crippen LogP contribution in [0.25, 0.3) is 33.2 Å². The molecule has 0 saturated carbocycles. The lowest BCUT2D eigenvalue weighted by Crippen LogP contribution is -2.41. The Balaban J connectivity index is 1.74. The maximum Gasteiger partial charge on any atom is 0.329 e. The topological polar surface area (TPSA) is 140 Å². The highest BCUT2D eigenvalue weighted by Gasteiger charge is 2.26. The molecule has 4 aromatic rings. The number of amides is 1. The van der Waals surface area contributed by atoms with Crippen molar-refractivity contribution in [2.75, 3.05) is 18.8 Å². The molecule has 0 atom stereocenters. The number of carbonyl (C=O) groups is 1. The van der Waals surface area contributed by atoms with Gasteiger partial charge in [0.15, 0.2) is 0 Å². The molecule has 1 aliphatic rings. The van der Waals surface area contributed by atoms with E-state index in [-0.39, 0.29) is 11.9 Å². The summed E-state index contributed by atoms with van der Waals surface area (Å²) >= 11 is 0. The molecule has 0 aliphatic carbocycles. The second-order valence-electron chi connectivity index (χ2n) is 7.92. The van der Waals surface area contributed by atoms with Crippen LogP contribution in [0.3, 0.4) is 0 Å². The number of H-pyrrole nitrogens is 1. The average Bonchev–Trinajstić information content (AvgIpc) is 2.79. The fraction of sp³-hybridized carbons (Fsp3) is 0.273. The summed E-state index contributed by atoms with van der Waals surface area (Å²) in [7, 11) is 0. The minimum atomic E-state index is -0.502. The molecule has 3 N–H and O–H groups in total. The van der Waals surface area contributed by atoms with Gasteiger partial charge in [0.2, 0.25) is 5.91 Å². The lowest BCUT2D eigenvalue weighted by atomic mass is 10.0. The lowest BCUT2D eigenvalue weighted by Gasteiger charge is -2.32. The third-order valence-electron chi connectivity index (χ3n) is 5.97. The summed E-state index contributed by atoms with van der Waals surface area (Å²) in [6, 6.07) is 6.95. The summed E-state index contributed by atoms with van der Waals surface area (Å²) in [6.07, 6.45) is 4.31. The van der Waals surface area contributed by atoms with E-state index in [1.54, 1.807) is 28.7 Å². The highest BCUT2D eigenvalue weighted by molar-refractivity contribution is 6.01. The molecule has 162 valence electrons. The van der Waals surface area contributed by atoms with Crippen molar-refractivity contribution in [3.63, 3.8) is 0 Å². The van der Waals surface area contributed by atoms with E-state index in [0.717, 1.165) is 5.56 Å². The number of aromatic nitrogens is 5. The zero-order valence-electron chi connectivity index (χ0n) is 17.4. The Bertz CT molecular complexity index is 1470. The van der Waals surface area contributed by atoms with Crippen LogP contribution in [-0.2, 0) is 4.79 Å². The van der Waals surface area contributed by atoms with E-state index in [2.05, 4.69) is 15.0 Å². The zero-order valence-corrected chi connectivity index (χ0v) is 17.4. The summed E-state index contributed by atoms with van der Waals surface area (Å²) in [4.78, 5) is 54.7. The monoisotopic (exact) mass is 431 g/mol. The van der Waals surface area contributed by atoms with Gasteiger partial charge in [-0.05, 0) is 37.1 Å². The second-order valence-corrected chi connectivity index (χ2v) is 7.92. The van der Waals surface area contributed by atoms with Gasteiger partial charge in [-0.25, -0.2) is 14.8 Å². The number of nitrogens with zero attached hydrogens (tertiary/aromatic N) is 5. The Labute approximate surface area is 181 Å². The number of nitrogen functional groups attached to an aromatic ring is 1. The molecule has 0 spiro atoms. The SMILES string of the molecule is CC(=O)N1CCC(n2c(=O)[nH]c(=O)c3cnc4ccc(-c5ccc(N)nc5)nc4c32)CC1. The zero-order chi connectivity index (χ0) is 22.4. The van der Waals surface area contributed by atoms with Gasteiger partial charge in [-0.3, -0.25) is 24.1 Å². The molecule has 5 rings (SSSR count). The number of nitrogens with one attached hydrogen (secondary N) is 1. The minimum absolute atomic E-state index is 0.0141. The highest BCUT2D eigenvalue weighted by atomic mass is 16.2. The molecule has 1 fully saturated rings. The van der Waals surface area contributed by atoms with Crippen LogP contribution >= 0.6 is 0 Å². The molecule has 1 amide bonds. The number of nitrogens with two attached hydrogens (primary N) is 1. The molecule has 0 unspecified atom stereocenters. The molecule has 5 heterocycles. The molecule has 1 aliphatic heterocycles. The first-order chi connectivity index (χ1) is 15.4. The van der Waals surface area contributed by atoms with Gasteiger partial charge in [0.1, 0.15) is 11.3 Å². The van der Waals surface area contributed by atoms with Gasteiger partial charge in [-0.15, -0.1) is 0 Å². The number of hydrogen-bond acceptors (Lipinski definition) is 7. The van der Waals surface area contributed by atoms with Crippen molar-refractivity contribution in [1.29, 1.82) is 0 Å². The molecule has 4 aromatic heterocycles. The molecule has 0 bridgehead atoms. The number of rotatable bonds is 2. The Hall–Kier alpha value is -4.08. The van der Waals surface area contributed by atoms with Crippen molar-refractivity contribution in [1.82, 2.24) is 29.4 Å². The number of likely N-dealkylation sites (tertiary alicyclic amines) is 1. The van der Waals surface area contributed by atoms with Crippen molar-refractivity contribution in [2.45, 2.75) is 25.8 Å². The molecule has 1 saturated heterocycles. The first kappa shape index (κ1) is 19.9. The standard InChI is InChI=1S/C22H21N7O3/c1-12(30)28-8-6-14(7-9-28)29-20-15(21(31)27-22(29)32)11-24-17-4-3-16(26-19(17)20)13-2-5-18(23)25-10-13/h2-5,10-11,14H,6-9H2,1H3,(H2,23,25)(H,27,31,32). The maximum absolute atomic E-state index is 13.0. The molecule has 32 heavy (non-hydrogen) atoms. The van der Waals surface area contributed by atoms with Crippen LogP contribution in [0.4, 0.5) is 5.82 Å². The third-order valence-corrected chi connectivity index (χ3v) is 5.97. The van der Waals surface area contributed by atoms with Crippen molar-refractivity contribution < 1.29 is 4.79 Å². The van der Waals surface area contributed by atoms with Crippen molar-refractivity contribution in [3.05, 3.63) is 57.5 Å². The van der Waals surface area contributed by atoms with Gasteiger partial charge in [-0.2, -0.15) is 0 Å². The van der Waals surface area contributed by atoms with Crippen molar-refractivity contribution in [3.8, 4) is 11.3 Å². The van der Waals surface area contributed by atoms with Gasteiger partial charge in [-0.1, -0.05) is 0 Å². The molecule has 10 heteroatoms. The van der Waals surface area contributed by atoms with E-state index in [4.69, 9.17) is 10.7 Å². The Morgan fingerprint density at radius 3 is 2.56 bits per heavy atom. The van der Waals surface area contributed by atoms with E-state index in [1.807, 2.05) is 18.2 Å². The number of hydrogen-bond donors (Lipinski definition) is 2. The predicted molar refractivity (Wildman–Crippen MR) is 120 cm³/mol. The van der Waals surface area contributed by atoms with Crippen molar-refractivity contribution >= 4 is 33.7 Å². The van der Waals surface area contributed by atoms with Gasteiger partial charge in [0, 0.05) is 44.0 Å². The van der Waals surface area contributed by atoms with Crippen LogP contribution in [-0.4, -0.2) is 48.4 Å². The fourth-order valence-electron chi connectivity index (χ4n) is 4.29. The Kier molecular flexibility index (Phi) is 4.69. The van der Waals surface area contributed by atoms with Crippen LogP contribution in [0.15, 0.2) is 46.2 Å². The van der Waals surface area contributed by atoms with Crippen LogP contribution in [0.1, 0.15) is 25.8 Å². The summed E-state index contributed by atoms with van der Waals surface area (Å²) in [5, 5.41) is 0.297. The molecular formula is C22H21N7O3. The molecule has 10 nitrogen and oxygen atoms in total. The summed E-state index contributed by atoms with van der Waals surface area (Å²) in [5.41, 5.74) is 7.58. The van der Waals surface area contributed by atoms with E-state index >= 15 is 0 Å². The average molecular weight is 431 g/mol. The second kappa shape index (κ2) is 7.56.